The van der Waals surface area contributed by atoms with E-state index < -0.39 is 0 Å². The molecule has 1 aromatic carbocycles. The number of esters is 1. The zero-order valence-corrected chi connectivity index (χ0v) is 12.8. The molecule has 0 bridgehead atoms. The van der Waals surface area contributed by atoms with Crippen LogP contribution in [0.2, 0.25) is 0 Å². The maximum atomic E-state index is 12.0. The highest BCUT2D eigenvalue weighted by molar-refractivity contribution is 14.1. The van der Waals surface area contributed by atoms with Crippen LogP contribution in [0.15, 0.2) is 24.3 Å². The van der Waals surface area contributed by atoms with Gasteiger partial charge in [0, 0.05) is 16.4 Å². The summed E-state index contributed by atoms with van der Waals surface area (Å²) in [6, 6.07) is 7.54. The van der Waals surface area contributed by atoms with Gasteiger partial charge in [0.2, 0.25) is 0 Å². The molecule has 1 fully saturated rings. The average molecular weight is 360 g/mol. The third-order valence-electron chi connectivity index (χ3n) is 3.29. The first-order valence-electron chi connectivity index (χ1n) is 6.46. The molecule has 18 heavy (non-hydrogen) atoms. The lowest BCUT2D eigenvalue weighted by molar-refractivity contribution is -0.890. The number of quaternary nitrogens is 1. The SMILES string of the molecule is C[C@@H](C[NH+]1CCCC1)OC(=O)c1ccccc1I. The summed E-state index contributed by atoms with van der Waals surface area (Å²) in [5.41, 5.74) is 0.668. The molecule has 1 aliphatic heterocycles. The Labute approximate surface area is 122 Å². The molecular formula is C14H19INO2+. The minimum Gasteiger partial charge on any atom is -0.453 e. The van der Waals surface area contributed by atoms with Crippen LogP contribution >= 0.6 is 22.6 Å². The van der Waals surface area contributed by atoms with Crippen LogP contribution < -0.4 is 4.90 Å². The summed E-state index contributed by atoms with van der Waals surface area (Å²) in [5.74, 6) is -0.203. The largest absolute Gasteiger partial charge is 0.453 e. The smallest absolute Gasteiger partial charge is 0.339 e. The minimum atomic E-state index is -0.203. The zero-order chi connectivity index (χ0) is 13.0. The van der Waals surface area contributed by atoms with Gasteiger partial charge in [0.1, 0.15) is 12.6 Å². The summed E-state index contributed by atoms with van der Waals surface area (Å²) >= 11 is 2.17. The van der Waals surface area contributed by atoms with E-state index in [4.69, 9.17) is 4.74 Å². The molecule has 98 valence electrons. The number of benzene rings is 1. The standard InChI is InChI=1S/C14H18INO2/c1-11(10-16-8-4-5-9-16)18-14(17)12-6-2-3-7-13(12)15/h2-3,6-7,11H,4-5,8-10H2,1H3/p+1/t11-/m0/s1. The number of hydrogen-bond acceptors (Lipinski definition) is 2. The van der Waals surface area contributed by atoms with E-state index in [0.717, 1.165) is 10.1 Å². The van der Waals surface area contributed by atoms with Crippen LogP contribution in [-0.4, -0.2) is 31.7 Å². The van der Waals surface area contributed by atoms with Crippen molar-refractivity contribution < 1.29 is 14.4 Å². The van der Waals surface area contributed by atoms with Crippen molar-refractivity contribution >= 4 is 28.6 Å². The van der Waals surface area contributed by atoms with Gasteiger partial charge in [-0.25, -0.2) is 4.79 Å². The van der Waals surface area contributed by atoms with Gasteiger partial charge in [0.15, 0.2) is 0 Å². The van der Waals surface area contributed by atoms with Crippen molar-refractivity contribution in [2.75, 3.05) is 19.6 Å². The van der Waals surface area contributed by atoms with Gasteiger partial charge < -0.3 is 9.64 Å². The Hall–Kier alpha value is -0.620. The van der Waals surface area contributed by atoms with Crippen molar-refractivity contribution in [2.45, 2.75) is 25.9 Å². The Morgan fingerprint density at radius 2 is 2.06 bits per heavy atom. The summed E-state index contributed by atoms with van der Waals surface area (Å²) in [4.78, 5) is 13.6. The van der Waals surface area contributed by atoms with Gasteiger partial charge in [-0.15, -0.1) is 0 Å². The molecule has 1 atom stereocenters. The van der Waals surface area contributed by atoms with E-state index in [0.29, 0.717) is 5.56 Å². The lowest BCUT2D eigenvalue weighted by Gasteiger charge is -2.18. The lowest BCUT2D eigenvalue weighted by Crippen LogP contribution is -3.11. The number of hydrogen-bond donors (Lipinski definition) is 1. The van der Waals surface area contributed by atoms with Gasteiger partial charge >= 0.3 is 5.97 Å². The molecule has 1 saturated heterocycles. The second-order valence-corrected chi connectivity index (χ2v) is 6.02. The van der Waals surface area contributed by atoms with E-state index in [2.05, 4.69) is 22.6 Å². The Morgan fingerprint density at radius 1 is 1.39 bits per heavy atom. The number of ether oxygens (including phenoxy) is 1. The molecule has 3 nitrogen and oxygen atoms in total. The van der Waals surface area contributed by atoms with Gasteiger partial charge in [-0.2, -0.15) is 0 Å². The van der Waals surface area contributed by atoms with E-state index in [1.807, 2.05) is 31.2 Å². The van der Waals surface area contributed by atoms with Crippen molar-refractivity contribution in [3.63, 3.8) is 0 Å². The van der Waals surface area contributed by atoms with E-state index in [1.165, 1.54) is 25.9 Å². The maximum Gasteiger partial charge on any atom is 0.339 e. The van der Waals surface area contributed by atoms with Crippen LogP contribution in [0.25, 0.3) is 0 Å². The van der Waals surface area contributed by atoms with E-state index >= 15 is 0 Å². The quantitative estimate of drug-likeness (QED) is 0.652. The summed E-state index contributed by atoms with van der Waals surface area (Å²) in [6.45, 7) is 5.34. The zero-order valence-electron chi connectivity index (χ0n) is 10.6. The summed E-state index contributed by atoms with van der Waals surface area (Å²) in [7, 11) is 0. The number of rotatable bonds is 4. The molecule has 1 aliphatic rings. The molecule has 1 N–H and O–H groups in total. The topological polar surface area (TPSA) is 30.7 Å². The van der Waals surface area contributed by atoms with Crippen LogP contribution in [0.4, 0.5) is 0 Å². The predicted octanol–water partition coefficient (Wildman–Crippen LogP) is 1.52. The molecule has 2 rings (SSSR count). The Balaban J connectivity index is 1.88. The number of likely N-dealkylation sites (tertiary alicyclic amines) is 1. The summed E-state index contributed by atoms with van der Waals surface area (Å²) in [5, 5.41) is 0. The molecule has 4 heteroatoms. The number of nitrogens with one attached hydrogen (secondary N) is 1. The van der Waals surface area contributed by atoms with Crippen molar-refractivity contribution in [1.82, 2.24) is 0 Å². The number of carbonyl (C=O) groups excluding carboxylic acids is 1. The van der Waals surface area contributed by atoms with Gasteiger partial charge in [0.25, 0.3) is 0 Å². The molecule has 0 unspecified atom stereocenters. The fourth-order valence-electron chi connectivity index (χ4n) is 2.40. The minimum absolute atomic E-state index is 0.0124. The molecule has 1 heterocycles. The number of halogens is 1. The molecule has 0 amide bonds. The van der Waals surface area contributed by atoms with Gasteiger partial charge in [0.05, 0.1) is 18.7 Å². The molecule has 0 radical (unpaired) electrons. The van der Waals surface area contributed by atoms with Gasteiger partial charge in [-0.05, 0) is 41.6 Å². The monoisotopic (exact) mass is 360 g/mol. The summed E-state index contributed by atoms with van der Waals surface area (Å²) < 4.78 is 6.46. The highest BCUT2D eigenvalue weighted by Crippen LogP contribution is 2.13. The Kier molecular flexibility index (Phi) is 5.00. The Bertz CT molecular complexity index is 416. The average Bonchev–Trinajstić information content (AvgIpc) is 2.82. The van der Waals surface area contributed by atoms with Crippen molar-refractivity contribution in [3.8, 4) is 0 Å². The molecular weight excluding hydrogens is 341 g/mol. The third kappa shape index (κ3) is 3.68. The molecule has 1 aromatic rings. The van der Waals surface area contributed by atoms with Crippen LogP contribution in [0, 0.1) is 3.57 Å². The highest BCUT2D eigenvalue weighted by Gasteiger charge is 2.21. The van der Waals surface area contributed by atoms with Crippen molar-refractivity contribution in [2.24, 2.45) is 0 Å². The second-order valence-electron chi connectivity index (χ2n) is 4.86. The molecule has 0 saturated carbocycles. The van der Waals surface area contributed by atoms with Crippen LogP contribution in [0.3, 0.4) is 0 Å². The first kappa shape index (κ1) is 13.8. The van der Waals surface area contributed by atoms with Gasteiger partial charge in [-0.3, -0.25) is 0 Å². The van der Waals surface area contributed by atoms with Crippen molar-refractivity contribution in [3.05, 3.63) is 33.4 Å². The normalized spacial score (nSPS) is 17.7. The van der Waals surface area contributed by atoms with E-state index in [1.54, 1.807) is 4.90 Å². The maximum absolute atomic E-state index is 12.0. The van der Waals surface area contributed by atoms with Crippen molar-refractivity contribution in [1.29, 1.82) is 0 Å². The van der Waals surface area contributed by atoms with E-state index in [9.17, 15) is 4.79 Å². The second kappa shape index (κ2) is 6.52. The predicted molar refractivity (Wildman–Crippen MR) is 78.8 cm³/mol. The first-order valence-corrected chi connectivity index (χ1v) is 7.54. The van der Waals surface area contributed by atoms with Gasteiger partial charge in [-0.1, -0.05) is 12.1 Å². The molecule has 0 aromatic heterocycles. The van der Waals surface area contributed by atoms with E-state index in [-0.39, 0.29) is 12.1 Å². The fourth-order valence-corrected chi connectivity index (χ4v) is 3.01. The lowest BCUT2D eigenvalue weighted by atomic mass is 10.2. The number of carbonyl (C=O) groups is 1. The molecule has 0 spiro atoms. The Morgan fingerprint density at radius 3 is 2.72 bits per heavy atom. The fraction of sp³-hybridized carbons (Fsp3) is 0.500. The van der Waals surface area contributed by atoms with Crippen LogP contribution in [-0.2, 0) is 4.74 Å². The highest BCUT2D eigenvalue weighted by atomic mass is 127. The van der Waals surface area contributed by atoms with Crippen LogP contribution in [0.5, 0.6) is 0 Å². The summed E-state index contributed by atoms with van der Waals surface area (Å²) in [6.07, 6.45) is 2.58. The first-order chi connectivity index (χ1) is 8.66. The van der Waals surface area contributed by atoms with Crippen LogP contribution in [0.1, 0.15) is 30.1 Å². The third-order valence-corrected chi connectivity index (χ3v) is 4.23. The molecule has 0 aliphatic carbocycles.